The van der Waals surface area contributed by atoms with Crippen molar-refractivity contribution < 1.29 is 14.3 Å². The maximum absolute atomic E-state index is 12.3. The van der Waals surface area contributed by atoms with Gasteiger partial charge < -0.3 is 19.5 Å². The molecule has 1 unspecified atom stereocenters. The number of likely N-dealkylation sites (N-methyl/N-ethyl adjacent to an activating group) is 1. The molecule has 0 bridgehead atoms. The summed E-state index contributed by atoms with van der Waals surface area (Å²) in [4.78, 5) is 29.7. The van der Waals surface area contributed by atoms with Crippen LogP contribution in [0.15, 0.2) is 12.5 Å². The van der Waals surface area contributed by atoms with Gasteiger partial charge in [0, 0.05) is 38.4 Å². The lowest BCUT2D eigenvalue weighted by molar-refractivity contribution is -0.132. The fraction of sp³-hybridized carbons (Fsp3) is 0.688. The maximum atomic E-state index is 12.3. The van der Waals surface area contributed by atoms with E-state index in [9.17, 15) is 9.59 Å². The second kappa shape index (κ2) is 7.99. The summed E-state index contributed by atoms with van der Waals surface area (Å²) in [7, 11) is 1.78. The molecule has 1 aromatic rings. The Labute approximate surface area is 138 Å². The van der Waals surface area contributed by atoms with Gasteiger partial charge in [0.25, 0.3) is 0 Å². The lowest BCUT2D eigenvalue weighted by Crippen LogP contribution is -2.35. The molecule has 0 aliphatic rings. The minimum absolute atomic E-state index is 0.0341. The Kier molecular flexibility index (Phi) is 6.60. The first-order chi connectivity index (χ1) is 10.7. The number of nitrogens with zero attached hydrogens (tertiary/aromatic N) is 3. The molecule has 130 valence electrons. The third kappa shape index (κ3) is 5.92. The molecular weight excluding hydrogens is 296 g/mol. The number of imidazole rings is 1. The van der Waals surface area contributed by atoms with Crippen molar-refractivity contribution in [1.29, 1.82) is 0 Å². The standard InChI is InChI=1S/C16H28N4O3/c1-7-19(6)14(21)12(2)20-11-17-10-13(20)8-9-18-15(22)23-16(3,4)5/h10-12H,7-9H2,1-6H3,(H,18,22). The van der Waals surface area contributed by atoms with Crippen molar-refractivity contribution in [3.05, 3.63) is 18.2 Å². The Bertz CT molecular complexity index is 534. The van der Waals surface area contributed by atoms with Crippen LogP contribution in [0.2, 0.25) is 0 Å². The molecule has 1 atom stereocenters. The molecule has 0 aromatic carbocycles. The summed E-state index contributed by atoms with van der Waals surface area (Å²) in [5.41, 5.74) is 0.378. The zero-order valence-corrected chi connectivity index (χ0v) is 14.9. The summed E-state index contributed by atoms with van der Waals surface area (Å²) in [6.45, 7) is 10.3. The van der Waals surface area contributed by atoms with Gasteiger partial charge in [0.2, 0.25) is 5.91 Å². The molecule has 0 aliphatic carbocycles. The molecule has 0 saturated heterocycles. The first-order valence-electron chi connectivity index (χ1n) is 7.88. The molecule has 0 saturated carbocycles. The molecular formula is C16H28N4O3. The highest BCUT2D eigenvalue weighted by molar-refractivity contribution is 5.79. The maximum Gasteiger partial charge on any atom is 0.407 e. The van der Waals surface area contributed by atoms with Gasteiger partial charge in [-0.1, -0.05) is 0 Å². The van der Waals surface area contributed by atoms with Crippen LogP contribution in [0.25, 0.3) is 0 Å². The Balaban J connectivity index is 2.59. The highest BCUT2D eigenvalue weighted by atomic mass is 16.6. The summed E-state index contributed by atoms with van der Waals surface area (Å²) >= 11 is 0. The SMILES string of the molecule is CCN(C)C(=O)C(C)n1cncc1CCNC(=O)OC(C)(C)C. The molecule has 0 aliphatic heterocycles. The fourth-order valence-electron chi connectivity index (χ4n) is 2.07. The Morgan fingerprint density at radius 1 is 1.43 bits per heavy atom. The van der Waals surface area contributed by atoms with E-state index >= 15 is 0 Å². The molecule has 7 heteroatoms. The zero-order valence-electron chi connectivity index (χ0n) is 14.9. The second-order valence-electron chi connectivity index (χ2n) is 6.50. The van der Waals surface area contributed by atoms with Crippen LogP contribution in [0, 0.1) is 0 Å². The number of carbonyl (C=O) groups excluding carboxylic acids is 2. The normalized spacial score (nSPS) is 12.6. The van der Waals surface area contributed by atoms with Gasteiger partial charge in [-0.15, -0.1) is 0 Å². The predicted molar refractivity (Wildman–Crippen MR) is 88.2 cm³/mol. The van der Waals surface area contributed by atoms with Gasteiger partial charge in [-0.3, -0.25) is 4.79 Å². The fourth-order valence-corrected chi connectivity index (χ4v) is 2.07. The molecule has 0 spiro atoms. The summed E-state index contributed by atoms with van der Waals surface area (Å²) in [5, 5.41) is 2.71. The van der Waals surface area contributed by atoms with Crippen molar-refractivity contribution in [2.24, 2.45) is 0 Å². The third-order valence-corrected chi connectivity index (χ3v) is 3.42. The number of aromatic nitrogens is 2. The molecule has 7 nitrogen and oxygen atoms in total. The number of carbonyl (C=O) groups is 2. The van der Waals surface area contributed by atoms with E-state index in [0.717, 1.165) is 5.69 Å². The van der Waals surface area contributed by atoms with E-state index in [1.807, 2.05) is 39.2 Å². The van der Waals surface area contributed by atoms with Gasteiger partial charge in [0.15, 0.2) is 0 Å². The number of hydrogen-bond acceptors (Lipinski definition) is 4. The quantitative estimate of drug-likeness (QED) is 0.868. The number of hydrogen-bond donors (Lipinski definition) is 1. The molecule has 1 aromatic heterocycles. The highest BCUT2D eigenvalue weighted by Crippen LogP contribution is 2.13. The van der Waals surface area contributed by atoms with E-state index in [4.69, 9.17) is 4.74 Å². The molecule has 0 fully saturated rings. The molecule has 1 rings (SSSR count). The van der Waals surface area contributed by atoms with Crippen LogP contribution in [-0.4, -0.2) is 52.2 Å². The van der Waals surface area contributed by atoms with Gasteiger partial charge in [-0.05, 0) is 34.6 Å². The summed E-state index contributed by atoms with van der Waals surface area (Å²) < 4.78 is 7.02. The van der Waals surface area contributed by atoms with E-state index in [1.165, 1.54) is 0 Å². The van der Waals surface area contributed by atoms with Crippen molar-refractivity contribution in [2.75, 3.05) is 20.1 Å². The Morgan fingerprint density at radius 3 is 2.65 bits per heavy atom. The van der Waals surface area contributed by atoms with Gasteiger partial charge in [0.05, 0.1) is 6.33 Å². The number of nitrogens with one attached hydrogen (secondary N) is 1. The van der Waals surface area contributed by atoms with Crippen LogP contribution in [-0.2, 0) is 16.0 Å². The lowest BCUT2D eigenvalue weighted by Gasteiger charge is -2.22. The van der Waals surface area contributed by atoms with Crippen molar-refractivity contribution in [3.63, 3.8) is 0 Å². The number of rotatable bonds is 6. The van der Waals surface area contributed by atoms with E-state index in [1.54, 1.807) is 24.5 Å². The topological polar surface area (TPSA) is 76.5 Å². The first kappa shape index (κ1) is 19.0. The van der Waals surface area contributed by atoms with E-state index in [0.29, 0.717) is 19.5 Å². The predicted octanol–water partition coefficient (Wildman–Crippen LogP) is 1.99. The van der Waals surface area contributed by atoms with E-state index < -0.39 is 11.7 Å². The highest BCUT2D eigenvalue weighted by Gasteiger charge is 2.20. The average molecular weight is 324 g/mol. The van der Waals surface area contributed by atoms with Crippen LogP contribution in [0.5, 0.6) is 0 Å². The number of alkyl carbamates (subject to hydrolysis) is 1. The molecule has 23 heavy (non-hydrogen) atoms. The van der Waals surface area contributed by atoms with Gasteiger partial charge in [-0.2, -0.15) is 0 Å². The molecule has 1 N–H and O–H groups in total. The average Bonchev–Trinajstić information content (AvgIpc) is 2.91. The van der Waals surface area contributed by atoms with Gasteiger partial charge in [-0.25, -0.2) is 9.78 Å². The zero-order chi connectivity index (χ0) is 17.6. The largest absolute Gasteiger partial charge is 0.444 e. The van der Waals surface area contributed by atoms with Gasteiger partial charge in [0.1, 0.15) is 11.6 Å². The van der Waals surface area contributed by atoms with Crippen molar-refractivity contribution in [2.45, 2.75) is 52.7 Å². The number of ether oxygens (including phenoxy) is 1. The monoisotopic (exact) mass is 324 g/mol. The molecule has 0 radical (unpaired) electrons. The summed E-state index contributed by atoms with van der Waals surface area (Å²) in [5.74, 6) is 0.0341. The lowest BCUT2D eigenvalue weighted by atomic mass is 10.2. The third-order valence-electron chi connectivity index (χ3n) is 3.42. The van der Waals surface area contributed by atoms with E-state index in [-0.39, 0.29) is 11.9 Å². The van der Waals surface area contributed by atoms with Crippen LogP contribution < -0.4 is 5.32 Å². The minimum atomic E-state index is -0.516. The number of amides is 2. The van der Waals surface area contributed by atoms with Crippen molar-refractivity contribution >= 4 is 12.0 Å². The minimum Gasteiger partial charge on any atom is -0.444 e. The Morgan fingerprint density at radius 2 is 2.09 bits per heavy atom. The molecule has 1 heterocycles. The smallest absolute Gasteiger partial charge is 0.407 e. The summed E-state index contributed by atoms with van der Waals surface area (Å²) in [6, 6.07) is -0.320. The second-order valence-corrected chi connectivity index (χ2v) is 6.50. The van der Waals surface area contributed by atoms with Crippen LogP contribution in [0.4, 0.5) is 4.79 Å². The van der Waals surface area contributed by atoms with Crippen LogP contribution >= 0.6 is 0 Å². The Hall–Kier alpha value is -2.05. The van der Waals surface area contributed by atoms with Crippen LogP contribution in [0.3, 0.4) is 0 Å². The van der Waals surface area contributed by atoms with Crippen LogP contribution in [0.1, 0.15) is 46.4 Å². The van der Waals surface area contributed by atoms with Gasteiger partial charge >= 0.3 is 6.09 Å². The van der Waals surface area contributed by atoms with Crippen molar-refractivity contribution in [3.8, 4) is 0 Å². The van der Waals surface area contributed by atoms with E-state index in [2.05, 4.69) is 10.3 Å². The first-order valence-corrected chi connectivity index (χ1v) is 7.88. The molecule has 2 amide bonds. The van der Waals surface area contributed by atoms with Crippen molar-refractivity contribution in [1.82, 2.24) is 19.8 Å². The summed E-state index contributed by atoms with van der Waals surface area (Å²) in [6.07, 6.45) is 3.49.